The Morgan fingerprint density at radius 3 is 2.79 bits per heavy atom. The van der Waals surface area contributed by atoms with Gasteiger partial charge in [0.2, 0.25) is 0 Å². The summed E-state index contributed by atoms with van der Waals surface area (Å²) in [4.78, 5) is 0. The van der Waals surface area contributed by atoms with Crippen LogP contribution in [-0.4, -0.2) is 18.3 Å². The predicted molar refractivity (Wildman–Crippen MR) is 50.9 cm³/mol. The molecule has 0 bridgehead atoms. The molecule has 3 heteroatoms. The monoisotopic (exact) mass is 196 g/mol. The number of halogens is 1. The average Bonchev–Trinajstić information content (AvgIpc) is 2.19. The Hall–Kier alpha value is -1.09. The van der Waals surface area contributed by atoms with Crippen molar-refractivity contribution in [3.8, 4) is 5.75 Å². The Morgan fingerprint density at radius 2 is 2.14 bits per heavy atom. The third-order valence-corrected chi connectivity index (χ3v) is 2.58. The molecular weight excluding hydrogens is 183 g/mol. The Balaban J connectivity index is 2.32. The normalized spacial score (nSPS) is 27.5. The first-order chi connectivity index (χ1) is 6.72. The molecule has 0 saturated carbocycles. The van der Waals surface area contributed by atoms with Gasteiger partial charge in [-0.25, -0.2) is 4.39 Å². The molecule has 1 aliphatic heterocycles. The van der Waals surface area contributed by atoms with E-state index < -0.39 is 5.67 Å². The van der Waals surface area contributed by atoms with E-state index >= 15 is 0 Å². The second-order valence-corrected chi connectivity index (χ2v) is 3.64. The van der Waals surface area contributed by atoms with Gasteiger partial charge in [0.05, 0.1) is 6.61 Å². The SMILES string of the molecule is Oc1ccccc1C1(F)CCCOC1. The van der Waals surface area contributed by atoms with Crippen LogP contribution in [-0.2, 0) is 10.4 Å². The standard InChI is InChI=1S/C11H13FO2/c12-11(6-3-7-14-8-11)9-4-1-2-5-10(9)13/h1-2,4-5,13H,3,6-8H2. The summed E-state index contributed by atoms with van der Waals surface area (Å²) in [6.07, 6.45) is 1.12. The van der Waals surface area contributed by atoms with Gasteiger partial charge in [-0.1, -0.05) is 18.2 Å². The van der Waals surface area contributed by atoms with E-state index in [1.807, 2.05) is 0 Å². The second kappa shape index (κ2) is 3.58. The van der Waals surface area contributed by atoms with Crippen molar-refractivity contribution in [2.45, 2.75) is 18.5 Å². The summed E-state index contributed by atoms with van der Waals surface area (Å²) < 4.78 is 19.4. The van der Waals surface area contributed by atoms with Gasteiger partial charge in [0, 0.05) is 12.2 Å². The van der Waals surface area contributed by atoms with Crippen molar-refractivity contribution < 1.29 is 14.2 Å². The number of hydrogen-bond donors (Lipinski definition) is 1. The molecule has 1 N–H and O–H groups in total. The number of ether oxygens (including phenoxy) is 1. The molecule has 1 aromatic carbocycles. The van der Waals surface area contributed by atoms with E-state index in [4.69, 9.17) is 4.74 Å². The zero-order valence-corrected chi connectivity index (χ0v) is 7.87. The van der Waals surface area contributed by atoms with Crippen molar-refractivity contribution in [2.75, 3.05) is 13.2 Å². The van der Waals surface area contributed by atoms with Crippen LogP contribution in [0.4, 0.5) is 4.39 Å². The summed E-state index contributed by atoms with van der Waals surface area (Å²) in [6, 6.07) is 6.53. The highest BCUT2D eigenvalue weighted by Gasteiger charge is 2.36. The predicted octanol–water partition coefficient (Wildman–Crippen LogP) is 2.37. The van der Waals surface area contributed by atoms with Crippen LogP contribution in [0.25, 0.3) is 0 Å². The number of benzene rings is 1. The van der Waals surface area contributed by atoms with E-state index in [0.717, 1.165) is 0 Å². The highest BCUT2D eigenvalue weighted by atomic mass is 19.1. The molecule has 1 atom stereocenters. The van der Waals surface area contributed by atoms with E-state index in [2.05, 4.69) is 0 Å². The Morgan fingerprint density at radius 1 is 1.36 bits per heavy atom. The number of phenolic OH excluding ortho intramolecular Hbond substituents is 1. The van der Waals surface area contributed by atoms with Crippen molar-refractivity contribution in [1.82, 2.24) is 0 Å². The quantitative estimate of drug-likeness (QED) is 0.747. The minimum absolute atomic E-state index is 0.0144. The molecule has 1 fully saturated rings. The largest absolute Gasteiger partial charge is 0.508 e. The molecule has 0 aliphatic carbocycles. The number of alkyl halides is 1. The van der Waals surface area contributed by atoms with Crippen molar-refractivity contribution in [1.29, 1.82) is 0 Å². The van der Waals surface area contributed by atoms with Gasteiger partial charge in [0.15, 0.2) is 5.67 Å². The van der Waals surface area contributed by atoms with Gasteiger partial charge in [-0.05, 0) is 18.9 Å². The van der Waals surface area contributed by atoms with Crippen LogP contribution in [0.1, 0.15) is 18.4 Å². The molecule has 0 amide bonds. The lowest BCUT2D eigenvalue weighted by atomic mass is 9.90. The van der Waals surface area contributed by atoms with E-state index in [9.17, 15) is 9.50 Å². The van der Waals surface area contributed by atoms with Crippen LogP contribution < -0.4 is 0 Å². The first-order valence-corrected chi connectivity index (χ1v) is 4.77. The molecule has 2 rings (SSSR count). The summed E-state index contributed by atoms with van der Waals surface area (Å²) >= 11 is 0. The van der Waals surface area contributed by atoms with Gasteiger partial charge in [-0.2, -0.15) is 0 Å². The van der Waals surface area contributed by atoms with Crippen LogP contribution in [0.15, 0.2) is 24.3 Å². The Kier molecular flexibility index (Phi) is 2.42. The third kappa shape index (κ3) is 1.60. The van der Waals surface area contributed by atoms with Crippen molar-refractivity contribution in [2.24, 2.45) is 0 Å². The molecule has 2 nitrogen and oxygen atoms in total. The van der Waals surface area contributed by atoms with Gasteiger partial charge in [-0.3, -0.25) is 0 Å². The molecule has 1 aliphatic rings. The van der Waals surface area contributed by atoms with Crippen LogP contribution in [0.3, 0.4) is 0 Å². The van der Waals surface area contributed by atoms with Gasteiger partial charge in [0.1, 0.15) is 5.75 Å². The summed E-state index contributed by atoms with van der Waals surface area (Å²) in [5.41, 5.74) is -1.16. The summed E-state index contributed by atoms with van der Waals surface area (Å²) in [7, 11) is 0. The number of aromatic hydroxyl groups is 1. The lowest BCUT2D eigenvalue weighted by Crippen LogP contribution is -2.31. The smallest absolute Gasteiger partial charge is 0.162 e. The van der Waals surface area contributed by atoms with E-state index in [-0.39, 0.29) is 12.4 Å². The highest BCUT2D eigenvalue weighted by Crippen LogP contribution is 2.38. The fourth-order valence-corrected chi connectivity index (χ4v) is 1.83. The van der Waals surface area contributed by atoms with Crippen LogP contribution >= 0.6 is 0 Å². The van der Waals surface area contributed by atoms with E-state index in [1.54, 1.807) is 18.2 Å². The molecule has 1 aromatic rings. The van der Waals surface area contributed by atoms with Crippen molar-refractivity contribution >= 4 is 0 Å². The molecule has 0 aromatic heterocycles. The maximum Gasteiger partial charge on any atom is 0.162 e. The zero-order chi connectivity index (χ0) is 10.0. The molecular formula is C11H13FO2. The van der Waals surface area contributed by atoms with Gasteiger partial charge in [-0.15, -0.1) is 0 Å². The fraction of sp³-hybridized carbons (Fsp3) is 0.455. The number of rotatable bonds is 1. The highest BCUT2D eigenvalue weighted by molar-refractivity contribution is 5.37. The third-order valence-electron chi connectivity index (χ3n) is 2.58. The number of para-hydroxylation sites is 1. The second-order valence-electron chi connectivity index (χ2n) is 3.64. The van der Waals surface area contributed by atoms with E-state index in [0.29, 0.717) is 25.0 Å². The summed E-state index contributed by atoms with van der Waals surface area (Å²) in [5.74, 6) is 0.0144. The minimum atomic E-state index is -1.51. The number of hydrogen-bond acceptors (Lipinski definition) is 2. The fourth-order valence-electron chi connectivity index (χ4n) is 1.83. The lowest BCUT2D eigenvalue weighted by molar-refractivity contribution is -0.0358. The first-order valence-electron chi connectivity index (χ1n) is 4.77. The topological polar surface area (TPSA) is 29.5 Å². The molecule has 1 saturated heterocycles. The lowest BCUT2D eigenvalue weighted by Gasteiger charge is -2.30. The maximum absolute atomic E-state index is 14.3. The maximum atomic E-state index is 14.3. The van der Waals surface area contributed by atoms with Gasteiger partial charge < -0.3 is 9.84 Å². The first kappa shape index (κ1) is 9.46. The summed E-state index contributed by atoms with van der Waals surface area (Å²) in [6.45, 7) is 0.657. The van der Waals surface area contributed by atoms with Crippen molar-refractivity contribution in [3.05, 3.63) is 29.8 Å². The molecule has 1 unspecified atom stereocenters. The van der Waals surface area contributed by atoms with Crippen LogP contribution in [0.2, 0.25) is 0 Å². The zero-order valence-electron chi connectivity index (χ0n) is 7.87. The molecule has 1 heterocycles. The molecule has 76 valence electrons. The Bertz CT molecular complexity index is 319. The van der Waals surface area contributed by atoms with Gasteiger partial charge in [0.25, 0.3) is 0 Å². The van der Waals surface area contributed by atoms with Crippen LogP contribution in [0, 0.1) is 0 Å². The minimum Gasteiger partial charge on any atom is -0.508 e. The van der Waals surface area contributed by atoms with Crippen molar-refractivity contribution in [3.63, 3.8) is 0 Å². The van der Waals surface area contributed by atoms with Gasteiger partial charge >= 0.3 is 0 Å². The summed E-state index contributed by atoms with van der Waals surface area (Å²) in [5, 5.41) is 9.53. The van der Waals surface area contributed by atoms with E-state index in [1.165, 1.54) is 6.07 Å². The average molecular weight is 196 g/mol. The molecule has 0 spiro atoms. The molecule has 0 radical (unpaired) electrons. The number of phenols is 1. The Labute approximate surface area is 82.3 Å². The van der Waals surface area contributed by atoms with Crippen LogP contribution in [0.5, 0.6) is 5.75 Å². The molecule has 14 heavy (non-hydrogen) atoms.